The van der Waals surface area contributed by atoms with Crippen molar-refractivity contribution in [2.24, 2.45) is 5.92 Å². The summed E-state index contributed by atoms with van der Waals surface area (Å²) in [4.78, 5) is 12.1. The maximum Gasteiger partial charge on any atom is 0.220 e. The number of benzene rings is 1. The van der Waals surface area contributed by atoms with E-state index in [9.17, 15) is 4.79 Å². The molecule has 1 aromatic rings. The topological polar surface area (TPSA) is 29.1 Å². The molecule has 1 aromatic carbocycles. The van der Waals surface area contributed by atoms with E-state index in [1.807, 2.05) is 18.2 Å². The summed E-state index contributed by atoms with van der Waals surface area (Å²) in [6, 6.07) is 10.2. The van der Waals surface area contributed by atoms with E-state index in [-0.39, 0.29) is 11.9 Å². The Hall–Kier alpha value is -1.02. The minimum absolute atomic E-state index is 0.0372. The summed E-state index contributed by atoms with van der Waals surface area (Å²) in [5.74, 6) is 1.21. The van der Waals surface area contributed by atoms with Crippen LogP contribution in [0, 0.1) is 5.92 Å². The first-order chi connectivity index (χ1) is 9.78. The highest BCUT2D eigenvalue weighted by Gasteiger charge is 2.19. The lowest BCUT2D eigenvalue weighted by molar-refractivity contribution is -0.122. The highest BCUT2D eigenvalue weighted by molar-refractivity contribution is 6.18. The number of alkyl halides is 1. The molecule has 0 bridgehead atoms. The predicted molar refractivity (Wildman–Crippen MR) is 84.0 cm³/mol. The summed E-state index contributed by atoms with van der Waals surface area (Å²) in [6.07, 6.45) is 7.77. The Balaban J connectivity index is 1.78. The Morgan fingerprint density at radius 1 is 1.20 bits per heavy atom. The van der Waals surface area contributed by atoms with E-state index in [0.29, 0.717) is 18.2 Å². The third-order valence-corrected chi connectivity index (χ3v) is 4.45. The third kappa shape index (κ3) is 5.16. The molecule has 1 fully saturated rings. The fourth-order valence-corrected chi connectivity index (χ4v) is 3.17. The highest BCUT2D eigenvalue weighted by atomic mass is 35.5. The maximum absolute atomic E-state index is 12.1. The lowest BCUT2D eigenvalue weighted by Crippen LogP contribution is -2.38. The molecule has 0 aliphatic heterocycles. The molecule has 1 unspecified atom stereocenters. The first-order valence-corrected chi connectivity index (χ1v) is 8.20. The number of carbonyl (C=O) groups excluding carboxylic acids is 1. The van der Waals surface area contributed by atoms with E-state index < -0.39 is 0 Å². The fraction of sp³-hybridized carbons (Fsp3) is 0.588. The number of amides is 1. The van der Waals surface area contributed by atoms with Crippen LogP contribution in [0.1, 0.15) is 44.1 Å². The van der Waals surface area contributed by atoms with Crippen LogP contribution in [-0.4, -0.2) is 17.8 Å². The molecule has 1 N–H and O–H groups in total. The zero-order chi connectivity index (χ0) is 14.2. The van der Waals surface area contributed by atoms with Gasteiger partial charge in [-0.1, -0.05) is 49.6 Å². The van der Waals surface area contributed by atoms with Crippen molar-refractivity contribution in [2.45, 2.75) is 51.0 Å². The van der Waals surface area contributed by atoms with Crippen LogP contribution in [0.2, 0.25) is 0 Å². The fourth-order valence-electron chi connectivity index (χ4n) is 2.98. The normalized spacial score (nSPS) is 17.6. The molecule has 3 heteroatoms. The number of hydrogen-bond donors (Lipinski definition) is 1. The van der Waals surface area contributed by atoms with Crippen molar-refractivity contribution in [1.82, 2.24) is 5.32 Å². The standard InChI is InChI=1S/C17H24ClNO/c18-13-16(11-14-7-3-1-4-8-14)19-17(20)12-15-9-5-2-6-10-15/h1,3-4,7-8,15-16H,2,5-6,9-13H2,(H,19,20). The van der Waals surface area contributed by atoms with Crippen LogP contribution in [-0.2, 0) is 11.2 Å². The number of rotatable bonds is 6. The Kier molecular flexibility index (Phi) is 6.38. The van der Waals surface area contributed by atoms with E-state index >= 15 is 0 Å². The second-order valence-electron chi connectivity index (χ2n) is 5.82. The van der Waals surface area contributed by atoms with Gasteiger partial charge in [0.2, 0.25) is 5.91 Å². The second-order valence-corrected chi connectivity index (χ2v) is 6.13. The quantitative estimate of drug-likeness (QED) is 0.791. The average Bonchev–Trinajstić information content (AvgIpc) is 2.48. The van der Waals surface area contributed by atoms with Gasteiger partial charge in [0.1, 0.15) is 0 Å². The van der Waals surface area contributed by atoms with E-state index in [1.165, 1.54) is 37.7 Å². The first-order valence-electron chi connectivity index (χ1n) is 7.67. The van der Waals surface area contributed by atoms with Gasteiger partial charge >= 0.3 is 0 Å². The van der Waals surface area contributed by atoms with Gasteiger partial charge in [-0.05, 0) is 30.7 Å². The van der Waals surface area contributed by atoms with Gasteiger partial charge in [-0.2, -0.15) is 0 Å². The summed E-state index contributed by atoms with van der Waals surface area (Å²) >= 11 is 5.99. The zero-order valence-electron chi connectivity index (χ0n) is 12.0. The van der Waals surface area contributed by atoms with Crippen molar-refractivity contribution in [3.63, 3.8) is 0 Å². The van der Waals surface area contributed by atoms with Crippen molar-refractivity contribution >= 4 is 17.5 Å². The maximum atomic E-state index is 12.1. The van der Waals surface area contributed by atoms with Gasteiger partial charge in [0.05, 0.1) is 0 Å². The Morgan fingerprint density at radius 3 is 2.55 bits per heavy atom. The number of hydrogen-bond acceptors (Lipinski definition) is 1. The SMILES string of the molecule is O=C(CC1CCCCC1)NC(CCl)Cc1ccccc1. The Labute approximate surface area is 126 Å². The van der Waals surface area contributed by atoms with Crippen LogP contribution < -0.4 is 5.32 Å². The van der Waals surface area contributed by atoms with Crippen molar-refractivity contribution < 1.29 is 4.79 Å². The molecular formula is C17H24ClNO. The van der Waals surface area contributed by atoms with Crippen LogP contribution in [0.4, 0.5) is 0 Å². The Morgan fingerprint density at radius 2 is 1.90 bits per heavy atom. The van der Waals surface area contributed by atoms with Gasteiger partial charge in [0, 0.05) is 18.3 Å². The minimum atomic E-state index is 0.0372. The molecule has 0 saturated heterocycles. The van der Waals surface area contributed by atoms with Gasteiger partial charge in [0.15, 0.2) is 0 Å². The molecule has 110 valence electrons. The molecule has 2 rings (SSSR count). The van der Waals surface area contributed by atoms with Crippen LogP contribution >= 0.6 is 11.6 Å². The first kappa shape index (κ1) is 15.4. The Bertz CT molecular complexity index is 401. The zero-order valence-corrected chi connectivity index (χ0v) is 12.7. The van der Waals surface area contributed by atoms with Crippen molar-refractivity contribution in [3.05, 3.63) is 35.9 Å². The lowest BCUT2D eigenvalue weighted by Gasteiger charge is -2.22. The molecule has 0 spiro atoms. The van der Waals surface area contributed by atoms with Crippen LogP contribution in [0.5, 0.6) is 0 Å². The van der Waals surface area contributed by atoms with E-state index in [0.717, 1.165) is 6.42 Å². The highest BCUT2D eigenvalue weighted by Crippen LogP contribution is 2.26. The molecule has 1 amide bonds. The second kappa shape index (κ2) is 8.31. The van der Waals surface area contributed by atoms with E-state index in [1.54, 1.807) is 0 Å². The predicted octanol–water partition coefficient (Wildman–Crippen LogP) is 3.92. The minimum Gasteiger partial charge on any atom is -0.352 e. The van der Waals surface area contributed by atoms with Crippen molar-refractivity contribution in [1.29, 1.82) is 0 Å². The van der Waals surface area contributed by atoms with Crippen molar-refractivity contribution in [3.8, 4) is 0 Å². The molecule has 0 radical (unpaired) electrons. The number of nitrogens with one attached hydrogen (secondary N) is 1. The van der Waals surface area contributed by atoms with E-state index in [2.05, 4.69) is 17.4 Å². The van der Waals surface area contributed by atoms with Gasteiger partial charge in [-0.3, -0.25) is 4.79 Å². The summed E-state index contributed by atoms with van der Waals surface area (Å²) < 4.78 is 0. The molecule has 20 heavy (non-hydrogen) atoms. The van der Waals surface area contributed by atoms with Crippen LogP contribution in [0.15, 0.2) is 30.3 Å². The molecule has 1 aliphatic rings. The molecular weight excluding hydrogens is 270 g/mol. The summed E-state index contributed by atoms with van der Waals surface area (Å²) in [6.45, 7) is 0. The smallest absolute Gasteiger partial charge is 0.220 e. The third-order valence-electron chi connectivity index (χ3n) is 4.08. The molecule has 1 atom stereocenters. The molecule has 1 saturated carbocycles. The average molecular weight is 294 g/mol. The monoisotopic (exact) mass is 293 g/mol. The van der Waals surface area contributed by atoms with Crippen molar-refractivity contribution in [2.75, 3.05) is 5.88 Å². The summed E-state index contributed by atoms with van der Waals surface area (Å²) in [5.41, 5.74) is 1.22. The largest absolute Gasteiger partial charge is 0.352 e. The number of halogens is 1. The number of carbonyl (C=O) groups is 1. The van der Waals surface area contributed by atoms with Crippen LogP contribution in [0.3, 0.4) is 0 Å². The summed E-state index contributed by atoms with van der Waals surface area (Å²) in [5, 5.41) is 3.09. The molecule has 0 heterocycles. The van der Waals surface area contributed by atoms with Gasteiger partial charge < -0.3 is 5.32 Å². The van der Waals surface area contributed by atoms with Gasteiger partial charge in [0.25, 0.3) is 0 Å². The van der Waals surface area contributed by atoms with Gasteiger partial charge in [-0.15, -0.1) is 11.6 Å². The van der Waals surface area contributed by atoms with E-state index in [4.69, 9.17) is 11.6 Å². The van der Waals surface area contributed by atoms with Crippen LogP contribution in [0.25, 0.3) is 0 Å². The van der Waals surface area contributed by atoms with Gasteiger partial charge in [-0.25, -0.2) is 0 Å². The molecule has 0 aromatic heterocycles. The summed E-state index contributed by atoms with van der Waals surface area (Å²) in [7, 11) is 0. The lowest BCUT2D eigenvalue weighted by atomic mass is 9.87. The molecule has 2 nitrogen and oxygen atoms in total. The molecule has 1 aliphatic carbocycles.